The lowest BCUT2D eigenvalue weighted by atomic mass is 9.76. The first-order chi connectivity index (χ1) is 13.1. The van der Waals surface area contributed by atoms with Gasteiger partial charge in [0.15, 0.2) is 0 Å². The maximum absolute atomic E-state index is 9.49. The summed E-state index contributed by atoms with van der Waals surface area (Å²) in [5, 5.41) is 19.0. The zero-order valence-corrected chi connectivity index (χ0v) is 15.7. The van der Waals surface area contributed by atoms with Gasteiger partial charge in [-0.2, -0.15) is 0 Å². The Morgan fingerprint density at radius 2 is 1.11 bits per heavy atom. The number of aryl methyl sites for hydroxylation is 1. The summed E-state index contributed by atoms with van der Waals surface area (Å²) >= 11 is 0. The van der Waals surface area contributed by atoms with E-state index in [0.717, 1.165) is 5.56 Å². The Morgan fingerprint density at radius 1 is 0.630 bits per heavy atom. The topological polar surface area (TPSA) is 40.5 Å². The number of aromatic hydroxyl groups is 2. The molecule has 0 amide bonds. The van der Waals surface area contributed by atoms with E-state index in [1.165, 1.54) is 47.9 Å². The van der Waals surface area contributed by atoms with E-state index in [1.54, 1.807) is 24.3 Å². The van der Waals surface area contributed by atoms with Gasteiger partial charge in [0, 0.05) is 0 Å². The highest BCUT2D eigenvalue weighted by atomic mass is 16.3. The van der Waals surface area contributed by atoms with Crippen molar-refractivity contribution in [1.29, 1.82) is 0 Å². The molecule has 3 aromatic carbocycles. The zero-order chi connectivity index (χ0) is 18.8. The fourth-order valence-electron chi connectivity index (χ4n) is 4.41. The third-order valence-electron chi connectivity index (χ3n) is 5.99. The Hall–Kier alpha value is -2.74. The van der Waals surface area contributed by atoms with E-state index < -0.39 is 0 Å². The van der Waals surface area contributed by atoms with E-state index in [1.807, 2.05) is 12.1 Å². The minimum absolute atomic E-state index is 0.304. The second-order valence-electron chi connectivity index (χ2n) is 7.76. The smallest absolute Gasteiger partial charge is 0.115 e. The van der Waals surface area contributed by atoms with Crippen LogP contribution >= 0.6 is 0 Å². The molecule has 1 saturated carbocycles. The van der Waals surface area contributed by atoms with Crippen LogP contribution in [0.4, 0.5) is 0 Å². The van der Waals surface area contributed by atoms with Crippen LogP contribution in [0.3, 0.4) is 0 Å². The molecule has 2 nitrogen and oxygen atoms in total. The van der Waals surface area contributed by atoms with E-state index in [2.05, 4.69) is 37.3 Å². The molecule has 0 radical (unpaired) electrons. The Labute approximate surface area is 161 Å². The van der Waals surface area contributed by atoms with Crippen LogP contribution in [0, 0.1) is 6.92 Å². The predicted octanol–water partition coefficient (Wildman–Crippen LogP) is 6.51. The molecule has 2 N–H and O–H groups in total. The van der Waals surface area contributed by atoms with Crippen molar-refractivity contribution in [2.24, 2.45) is 0 Å². The second-order valence-corrected chi connectivity index (χ2v) is 7.76. The van der Waals surface area contributed by atoms with Crippen LogP contribution in [0.5, 0.6) is 11.5 Å². The molecule has 27 heavy (non-hydrogen) atoms. The normalized spacial score (nSPS) is 19.7. The maximum Gasteiger partial charge on any atom is 0.115 e. The number of phenolic OH excluding ortho intramolecular Hbond substituents is 2. The summed E-state index contributed by atoms with van der Waals surface area (Å²) in [5.74, 6) is 1.89. The Bertz CT molecular complexity index is 902. The summed E-state index contributed by atoms with van der Waals surface area (Å²) in [7, 11) is 0. The third-order valence-corrected chi connectivity index (χ3v) is 5.99. The molecular formula is C25H26O2. The Balaban J connectivity index is 1.46. The number of rotatable bonds is 3. The van der Waals surface area contributed by atoms with Crippen molar-refractivity contribution < 1.29 is 10.2 Å². The molecule has 0 bridgehead atoms. The number of benzene rings is 3. The summed E-state index contributed by atoms with van der Waals surface area (Å²) in [4.78, 5) is 0. The van der Waals surface area contributed by atoms with Crippen molar-refractivity contribution in [2.45, 2.75) is 44.4 Å². The number of hydrogen-bond donors (Lipinski definition) is 2. The summed E-state index contributed by atoms with van der Waals surface area (Å²) in [6, 6.07) is 22.0. The molecule has 1 aliphatic rings. The van der Waals surface area contributed by atoms with Crippen LogP contribution in [0.1, 0.15) is 54.2 Å². The van der Waals surface area contributed by atoms with E-state index in [-0.39, 0.29) is 0 Å². The molecule has 3 aromatic rings. The van der Waals surface area contributed by atoms with Crippen molar-refractivity contribution in [1.82, 2.24) is 0 Å². The van der Waals surface area contributed by atoms with E-state index in [4.69, 9.17) is 0 Å². The lowest BCUT2D eigenvalue weighted by Crippen LogP contribution is -2.12. The minimum Gasteiger partial charge on any atom is -0.508 e. The third kappa shape index (κ3) is 3.85. The summed E-state index contributed by atoms with van der Waals surface area (Å²) in [6.07, 6.45) is 4.83. The van der Waals surface area contributed by atoms with E-state index >= 15 is 0 Å². The molecule has 0 aliphatic heterocycles. The molecule has 138 valence electrons. The maximum atomic E-state index is 9.49. The van der Waals surface area contributed by atoms with Gasteiger partial charge in [0.05, 0.1) is 0 Å². The van der Waals surface area contributed by atoms with Gasteiger partial charge in [-0.15, -0.1) is 0 Å². The second kappa shape index (κ2) is 7.48. The molecule has 0 atom stereocenters. The van der Waals surface area contributed by atoms with Crippen molar-refractivity contribution >= 4 is 0 Å². The van der Waals surface area contributed by atoms with Crippen molar-refractivity contribution in [3.63, 3.8) is 0 Å². The molecular weight excluding hydrogens is 332 g/mol. The highest BCUT2D eigenvalue weighted by Gasteiger charge is 2.23. The van der Waals surface area contributed by atoms with Gasteiger partial charge in [-0.25, -0.2) is 0 Å². The van der Waals surface area contributed by atoms with Gasteiger partial charge in [-0.1, -0.05) is 42.5 Å². The average Bonchev–Trinajstić information content (AvgIpc) is 2.69. The highest BCUT2D eigenvalue weighted by Crippen LogP contribution is 2.41. The van der Waals surface area contributed by atoms with E-state index in [0.29, 0.717) is 23.3 Å². The molecule has 1 fully saturated rings. The van der Waals surface area contributed by atoms with Gasteiger partial charge >= 0.3 is 0 Å². The Morgan fingerprint density at radius 3 is 1.67 bits per heavy atom. The number of hydrogen-bond acceptors (Lipinski definition) is 2. The first kappa shape index (κ1) is 17.7. The van der Waals surface area contributed by atoms with Gasteiger partial charge < -0.3 is 10.2 Å². The standard InChI is InChI=1S/C25H26O2/c1-17-16-22(10-15-25(17)21-8-13-24(27)14-9-21)20-4-2-18(3-5-20)19-6-11-23(26)12-7-19/h6-16,18,20,26-27H,2-5H2,1H3. The predicted molar refractivity (Wildman–Crippen MR) is 110 cm³/mol. The van der Waals surface area contributed by atoms with Crippen LogP contribution in [0.15, 0.2) is 66.7 Å². The van der Waals surface area contributed by atoms with Crippen molar-refractivity contribution in [3.05, 3.63) is 83.4 Å². The molecule has 2 heteroatoms. The zero-order valence-electron chi connectivity index (χ0n) is 15.7. The molecule has 1 aliphatic carbocycles. The Kier molecular flexibility index (Phi) is 4.89. The summed E-state index contributed by atoms with van der Waals surface area (Å²) < 4.78 is 0. The van der Waals surface area contributed by atoms with Gasteiger partial charge in [0.1, 0.15) is 11.5 Å². The molecule has 0 heterocycles. The largest absolute Gasteiger partial charge is 0.508 e. The van der Waals surface area contributed by atoms with E-state index in [9.17, 15) is 10.2 Å². The van der Waals surface area contributed by atoms with Crippen LogP contribution in [0.25, 0.3) is 11.1 Å². The molecule has 0 aromatic heterocycles. The van der Waals surface area contributed by atoms with Crippen LogP contribution < -0.4 is 0 Å². The minimum atomic E-state index is 0.304. The molecule has 0 saturated heterocycles. The fourth-order valence-corrected chi connectivity index (χ4v) is 4.41. The first-order valence-corrected chi connectivity index (χ1v) is 9.79. The van der Waals surface area contributed by atoms with Crippen molar-refractivity contribution in [3.8, 4) is 22.6 Å². The fraction of sp³-hybridized carbons (Fsp3) is 0.280. The van der Waals surface area contributed by atoms with Crippen LogP contribution in [0.2, 0.25) is 0 Å². The highest BCUT2D eigenvalue weighted by molar-refractivity contribution is 5.68. The van der Waals surface area contributed by atoms with Gasteiger partial charge in [-0.3, -0.25) is 0 Å². The van der Waals surface area contributed by atoms with Crippen LogP contribution in [-0.4, -0.2) is 10.2 Å². The molecule has 4 rings (SSSR count). The van der Waals surface area contributed by atoms with Gasteiger partial charge in [0.2, 0.25) is 0 Å². The molecule has 0 unspecified atom stereocenters. The molecule has 0 spiro atoms. The van der Waals surface area contributed by atoms with Gasteiger partial charge in [-0.05, 0) is 96.5 Å². The van der Waals surface area contributed by atoms with Crippen molar-refractivity contribution in [2.75, 3.05) is 0 Å². The first-order valence-electron chi connectivity index (χ1n) is 9.79. The lowest BCUT2D eigenvalue weighted by molar-refractivity contribution is 0.396. The monoisotopic (exact) mass is 358 g/mol. The quantitative estimate of drug-likeness (QED) is 0.560. The summed E-state index contributed by atoms with van der Waals surface area (Å²) in [5.41, 5.74) is 6.47. The summed E-state index contributed by atoms with van der Waals surface area (Å²) in [6.45, 7) is 2.17. The number of phenols is 2. The SMILES string of the molecule is Cc1cc(C2CCC(c3ccc(O)cc3)CC2)ccc1-c1ccc(O)cc1. The lowest BCUT2D eigenvalue weighted by Gasteiger charge is -2.29. The average molecular weight is 358 g/mol. The van der Waals surface area contributed by atoms with Crippen LogP contribution in [-0.2, 0) is 0 Å². The van der Waals surface area contributed by atoms with Gasteiger partial charge in [0.25, 0.3) is 0 Å².